The number of halogens is 5. The van der Waals surface area contributed by atoms with Crippen LogP contribution in [0.25, 0.3) is 0 Å². The molecule has 3 rings (SSSR count). The molecule has 0 spiro atoms. The second-order valence-corrected chi connectivity index (χ2v) is 8.83. The molecule has 0 bridgehead atoms. The van der Waals surface area contributed by atoms with Gasteiger partial charge in [-0.05, 0) is 60.5 Å². The van der Waals surface area contributed by atoms with Gasteiger partial charge in [-0.15, -0.1) is 0 Å². The van der Waals surface area contributed by atoms with E-state index in [0.29, 0.717) is 51.3 Å². The minimum Gasteiger partial charge on any atom is -0.490 e. The number of ether oxygens (including phenoxy) is 2. The first kappa shape index (κ1) is 23.4. The fourth-order valence-corrected chi connectivity index (χ4v) is 3.77. The van der Waals surface area contributed by atoms with Crippen molar-refractivity contribution < 1.29 is 9.47 Å². The number of rotatable bonds is 8. The normalized spacial score (nSPS) is 10.7. The van der Waals surface area contributed by atoms with Crippen LogP contribution in [0, 0.1) is 0 Å². The van der Waals surface area contributed by atoms with Crippen LogP contribution in [0.3, 0.4) is 0 Å². The maximum atomic E-state index is 6.08. The summed E-state index contributed by atoms with van der Waals surface area (Å²) in [4.78, 5) is 0. The van der Waals surface area contributed by atoms with E-state index in [2.05, 4.69) is 21.2 Å². The van der Waals surface area contributed by atoms with Crippen LogP contribution in [0.5, 0.6) is 11.5 Å². The van der Waals surface area contributed by atoms with E-state index in [4.69, 9.17) is 55.9 Å². The Morgan fingerprint density at radius 2 is 1.47 bits per heavy atom. The highest BCUT2D eigenvalue weighted by Crippen LogP contribution is 2.35. The molecule has 0 atom stereocenters. The molecule has 3 nitrogen and oxygen atoms in total. The highest BCUT2D eigenvalue weighted by molar-refractivity contribution is 9.10. The highest BCUT2D eigenvalue weighted by Gasteiger charge is 2.12. The fourth-order valence-electron chi connectivity index (χ4n) is 2.69. The second-order valence-electron chi connectivity index (χ2n) is 6.34. The minimum absolute atomic E-state index is 0.338. The lowest BCUT2D eigenvalue weighted by molar-refractivity contribution is 0.269. The van der Waals surface area contributed by atoms with E-state index in [-0.39, 0.29) is 0 Å². The van der Waals surface area contributed by atoms with Crippen LogP contribution in [-0.4, -0.2) is 6.61 Å². The molecule has 0 aliphatic heterocycles. The summed E-state index contributed by atoms with van der Waals surface area (Å²) in [6.45, 7) is 3.35. The molecule has 0 aliphatic rings. The Morgan fingerprint density at radius 3 is 2.13 bits per heavy atom. The van der Waals surface area contributed by atoms with Gasteiger partial charge in [0.2, 0.25) is 0 Å². The fraction of sp³-hybridized carbons (Fsp3) is 0.182. The summed E-state index contributed by atoms with van der Waals surface area (Å²) < 4.78 is 12.7. The molecule has 8 heteroatoms. The molecule has 0 heterocycles. The zero-order valence-electron chi connectivity index (χ0n) is 15.9. The average molecular weight is 550 g/mol. The van der Waals surface area contributed by atoms with E-state index in [1.165, 1.54) is 0 Å². The van der Waals surface area contributed by atoms with Crippen LogP contribution in [0.15, 0.2) is 53.0 Å². The molecule has 1 N–H and O–H groups in total. The van der Waals surface area contributed by atoms with E-state index >= 15 is 0 Å². The predicted octanol–water partition coefficient (Wildman–Crippen LogP) is 8.65. The Hall–Kier alpha value is -1.30. The molecule has 0 radical (unpaired) electrons. The Balaban J connectivity index is 1.75. The summed E-state index contributed by atoms with van der Waals surface area (Å²) in [6.07, 6.45) is 0. The maximum Gasteiger partial charge on any atom is 0.162 e. The molecule has 30 heavy (non-hydrogen) atoms. The first-order valence-corrected chi connectivity index (χ1v) is 11.4. The lowest BCUT2D eigenvalue weighted by atomic mass is 10.2. The third kappa shape index (κ3) is 6.12. The van der Waals surface area contributed by atoms with Crippen LogP contribution in [-0.2, 0) is 13.2 Å². The molecular formula is C22H18BrCl4NO2. The van der Waals surface area contributed by atoms with Crippen molar-refractivity contribution in [2.45, 2.75) is 20.1 Å². The van der Waals surface area contributed by atoms with Gasteiger partial charge in [-0.1, -0.05) is 68.4 Å². The van der Waals surface area contributed by atoms with E-state index in [0.717, 1.165) is 21.3 Å². The molecule has 0 aromatic heterocycles. The minimum atomic E-state index is 0.338. The van der Waals surface area contributed by atoms with Crippen LogP contribution in [0.2, 0.25) is 20.1 Å². The van der Waals surface area contributed by atoms with Crippen LogP contribution in [0.4, 0.5) is 5.69 Å². The van der Waals surface area contributed by atoms with Crippen molar-refractivity contribution in [2.75, 3.05) is 11.9 Å². The van der Waals surface area contributed by atoms with Crippen molar-refractivity contribution in [1.29, 1.82) is 0 Å². The van der Waals surface area contributed by atoms with Gasteiger partial charge in [-0.25, -0.2) is 0 Å². The number of anilines is 1. The van der Waals surface area contributed by atoms with Gasteiger partial charge >= 0.3 is 0 Å². The van der Waals surface area contributed by atoms with Gasteiger partial charge in [-0.2, -0.15) is 0 Å². The number of hydrogen-bond acceptors (Lipinski definition) is 3. The largest absolute Gasteiger partial charge is 0.490 e. The van der Waals surface area contributed by atoms with Gasteiger partial charge in [0, 0.05) is 16.7 Å². The van der Waals surface area contributed by atoms with Gasteiger partial charge < -0.3 is 14.8 Å². The van der Waals surface area contributed by atoms with Gasteiger partial charge in [0.1, 0.15) is 6.61 Å². The smallest absolute Gasteiger partial charge is 0.162 e. The lowest BCUT2D eigenvalue weighted by Gasteiger charge is -2.16. The molecule has 0 saturated carbocycles. The number of nitrogens with one attached hydrogen (secondary N) is 1. The SMILES string of the molecule is CCOc1cc(CNc2ccc(Cl)c(Cl)c2)c(Br)cc1OCc1ccc(Cl)c(Cl)c1. The monoisotopic (exact) mass is 547 g/mol. The molecule has 0 unspecified atom stereocenters. The first-order valence-electron chi connectivity index (χ1n) is 9.08. The molecule has 3 aromatic rings. The topological polar surface area (TPSA) is 30.5 Å². The van der Waals surface area contributed by atoms with Crippen molar-refractivity contribution >= 4 is 68.0 Å². The first-order chi connectivity index (χ1) is 14.4. The van der Waals surface area contributed by atoms with E-state index in [9.17, 15) is 0 Å². The zero-order chi connectivity index (χ0) is 21.7. The van der Waals surface area contributed by atoms with Crippen LogP contribution in [0.1, 0.15) is 18.1 Å². The van der Waals surface area contributed by atoms with E-state index in [1.54, 1.807) is 24.3 Å². The third-order valence-corrected chi connectivity index (χ3v) is 6.41. The summed E-state index contributed by atoms with van der Waals surface area (Å²) in [5.41, 5.74) is 2.79. The summed E-state index contributed by atoms with van der Waals surface area (Å²) in [7, 11) is 0. The third-order valence-electron chi connectivity index (χ3n) is 4.19. The van der Waals surface area contributed by atoms with Gasteiger partial charge in [0.05, 0.1) is 26.7 Å². The summed E-state index contributed by atoms with van der Waals surface area (Å²) in [5, 5.41) is 5.36. The molecule has 3 aromatic carbocycles. The quantitative estimate of drug-likeness (QED) is 0.305. The Labute approximate surface area is 204 Å². The van der Waals surface area contributed by atoms with E-state index in [1.807, 2.05) is 31.2 Å². The number of benzene rings is 3. The van der Waals surface area contributed by atoms with Crippen molar-refractivity contribution in [3.05, 3.63) is 84.2 Å². The maximum absolute atomic E-state index is 6.08. The predicted molar refractivity (Wildman–Crippen MR) is 130 cm³/mol. The standard InChI is InChI=1S/C22H18BrCl4NO2/c1-2-29-21-8-14(11-28-15-4-6-18(25)20(27)9-15)16(23)10-22(21)30-12-13-3-5-17(24)19(26)7-13/h3-10,28H,2,11-12H2,1H3. The van der Waals surface area contributed by atoms with Gasteiger partial charge in [-0.3, -0.25) is 0 Å². The average Bonchev–Trinajstić information content (AvgIpc) is 2.72. The second kappa shape index (κ2) is 10.8. The summed E-state index contributed by atoms with van der Waals surface area (Å²) in [5.74, 6) is 1.29. The Morgan fingerprint density at radius 1 is 0.800 bits per heavy atom. The molecule has 0 aliphatic carbocycles. The Bertz CT molecular complexity index is 1050. The molecule has 0 fully saturated rings. The molecule has 158 valence electrons. The van der Waals surface area contributed by atoms with Gasteiger partial charge in [0.15, 0.2) is 11.5 Å². The van der Waals surface area contributed by atoms with E-state index < -0.39 is 0 Å². The van der Waals surface area contributed by atoms with Gasteiger partial charge in [0.25, 0.3) is 0 Å². The lowest BCUT2D eigenvalue weighted by Crippen LogP contribution is -2.04. The van der Waals surface area contributed by atoms with Crippen molar-refractivity contribution in [1.82, 2.24) is 0 Å². The molecule has 0 saturated heterocycles. The van der Waals surface area contributed by atoms with Crippen molar-refractivity contribution in [3.8, 4) is 11.5 Å². The molecule has 0 amide bonds. The zero-order valence-corrected chi connectivity index (χ0v) is 20.6. The summed E-state index contributed by atoms with van der Waals surface area (Å²) >= 11 is 27.7. The van der Waals surface area contributed by atoms with Crippen molar-refractivity contribution in [3.63, 3.8) is 0 Å². The van der Waals surface area contributed by atoms with Crippen molar-refractivity contribution in [2.24, 2.45) is 0 Å². The van der Waals surface area contributed by atoms with Crippen LogP contribution >= 0.6 is 62.3 Å². The van der Waals surface area contributed by atoms with Crippen LogP contribution < -0.4 is 14.8 Å². The highest BCUT2D eigenvalue weighted by atomic mass is 79.9. The number of hydrogen-bond donors (Lipinski definition) is 1. The molecular weight excluding hydrogens is 532 g/mol. The summed E-state index contributed by atoms with van der Waals surface area (Å²) in [6, 6.07) is 14.7. The Kier molecular flexibility index (Phi) is 8.44.